The Morgan fingerprint density at radius 2 is 1.72 bits per heavy atom. The molecule has 2 aromatic carbocycles. The lowest BCUT2D eigenvalue weighted by molar-refractivity contribution is -0.885. The Morgan fingerprint density at radius 3 is 2.38 bits per heavy atom. The van der Waals surface area contributed by atoms with Gasteiger partial charge in [0.2, 0.25) is 0 Å². The molecule has 1 aliphatic heterocycles. The van der Waals surface area contributed by atoms with Gasteiger partial charge in [-0.2, -0.15) is 0 Å². The Labute approximate surface area is 177 Å². The maximum atomic E-state index is 12.7. The Balaban J connectivity index is 1.51. The summed E-state index contributed by atoms with van der Waals surface area (Å²) < 4.78 is 10.6. The fourth-order valence-electron chi connectivity index (χ4n) is 3.68. The third-order valence-corrected chi connectivity index (χ3v) is 5.55. The summed E-state index contributed by atoms with van der Waals surface area (Å²) in [6.07, 6.45) is 0. The highest BCUT2D eigenvalue weighted by Gasteiger charge is 2.24. The van der Waals surface area contributed by atoms with E-state index in [4.69, 9.17) is 21.1 Å². The van der Waals surface area contributed by atoms with E-state index in [2.05, 4.69) is 4.90 Å². The number of hydrogen-bond donors (Lipinski definition) is 1. The summed E-state index contributed by atoms with van der Waals surface area (Å²) in [5.74, 6) is 1.60. The van der Waals surface area contributed by atoms with Crippen LogP contribution in [-0.2, 0) is 11.3 Å². The van der Waals surface area contributed by atoms with Gasteiger partial charge in [0.15, 0.2) is 18.0 Å². The first kappa shape index (κ1) is 21.3. The summed E-state index contributed by atoms with van der Waals surface area (Å²) in [6.45, 7) is 4.22. The second kappa shape index (κ2) is 9.85. The van der Waals surface area contributed by atoms with Gasteiger partial charge in [0.25, 0.3) is 5.91 Å². The van der Waals surface area contributed by atoms with E-state index in [0.717, 1.165) is 40.8 Å². The lowest BCUT2D eigenvalue weighted by atomic mass is 10.2. The van der Waals surface area contributed by atoms with Crippen molar-refractivity contribution in [1.82, 2.24) is 4.90 Å². The molecule has 1 unspecified atom stereocenters. The zero-order chi connectivity index (χ0) is 20.8. The number of para-hydroxylation sites is 1. The number of carbonyl (C=O) groups excluding carboxylic acids is 1. The number of anilines is 1. The Morgan fingerprint density at radius 1 is 1.03 bits per heavy atom. The van der Waals surface area contributed by atoms with Crippen molar-refractivity contribution in [3.63, 3.8) is 0 Å². The molecule has 1 fully saturated rings. The van der Waals surface area contributed by atoms with Crippen LogP contribution in [0.1, 0.15) is 5.56 Å². The van der Waals surface area contributed by atoms with Crippen molar-refractivity contribution < 1.29 is 19.2 Å². The Bertz CT molecular complexity index is 838. The average molecular weight is 419 g/mol. The zero-order valence-corrected chi connectivity index (χ0v) is 18.0. The second-order valence-electron chi connectivity index (χ2n) is 7.32. The highest BCUT2D eigenvalue weighted by molar-refractivity contribution is 6.33. The van der Waals surface area contributed by atoms with Crippen molar-refractivity contribution in [2.45, 2.75) is 6.54 Å². The first-order valence-electron chi connectivity index (χ1n) is 9.81. The SMILES string of the molecule is COc1ccc(C[NH+](C)CC(=O)N2CCN(c3ccccc3Cl)CC2)cc1OC. The molecule has 0 bridgehead atoms. The molecule has 1 amide bonds. The standard InChI is InChI=1S/C22H28ClN3O3/c1-24(15-17-8-9-20(28-2)21(14-17)29-3)16-22(27)26-12-10-25(11-13-26)19-7-5-4-6-18(19)23/h4-9,14H,10-13,15-16H2,1-3H3/p+1. The fourth-order valence-corrected chi connectivity index (χ4v) is 3.93. The number of methoxy groups -OCH3 is 2. The first-order valence-corrected chi connectivity index (χ1v) is 10.2. The number of nitrogens with zero attached hydrogens (tertiary/aromatic N) is 2. The molecule has 0 aromatic heterocycles. The summed E-state index contributed by atoms with van der Waals surface area (Å²) >= 11 is 6.30. The van der Waals surface area contributed by atoms with Crippen LogP contribution in [0.25, 0.3) is 0 Å². The Hall–Kier alpha value is -2.44. The Kier molecular flexibility index (Phi) is 7.23. The molecule has 1 aliphatic rings. The zero-order valence-electron chi connectivity index (χ0n) is 17.3. The molecule has 1 N–H and O–H groups in total. The van der Waals surface area contributed by atoms with Crippen LogP contribution >= 0.6 is 11.6 Å². The van der Waals surface area contributed by atoms with Gasteiger partial charge in [0.1, 0.15) is 6.54 Å². The lowest BCUT2D eigenvalue weighted by Crippen LogP contribution is -3.09. The fraction of sp³-hybridized carbons (Fsp3) is 0.409. The van der Waals surface area contributed by atoms with Gasteiger partial charge in [-0.1, -0.05) is 23.7 Å². The van der Waals surface area contributed by atoms with Crippen molar-refractivity contribution in [3.05, 3.63) is 53.1 Å². The molecule has 0 spiro atoms. The van der Waals surface area contributed by atoms with Crippen LogP contribution in [-0.4, -0.2) is 64.8 Å². The molecule has 1 heterocycles. The van der Waals surface area contributed by atoms with E-state index in [1.54, 1.807) is 14.2 Å². The van der Waals surface area contributed by atoms with E-state index in [-0.39, 0.29) is 5.91 Å². The molecular weight excluding hydrogens is 390 g/mol. The summed E-state index contributed by atoms with van der Waals surface area (Å²) in [4.78, 5) is 18.1. The number of hydrogen-bond acceptors (Lipinski definition) is 4. The minimum absolute atomic E-state index is 0.182. The maximum absolute atomic E-state index is 12.7. The molecule has 0 saturated carbocycles. The molecular formula is C22H29ClN3O3+. The van der Waals surface area contributed by atoms with Gasteiger partial charge in [-0.25, -0.2) is 0 Å². The maximum Gasteiger partial charge on any atom is 0.277 e. The molecule has 3 rings (SSSR count). The number of rotatable bonds is 7. The van der Waals surface area contributed by atoms with Crippen molar-refractivity contribution in [2.24, 2.45) is 0 Å². The highest BCUT2D eigenvalue weighted by Crippen LogP contribution is 2.27. The van der Waals surface area contributed by atoms with Crippen LogP contribution in [0.3, 0.4) is 0 Å². The van der Waals surface area contributed by atoms with Crippen molar-refractivity contribution in [3.8, 4) is 11.5 Å². The van der Waals surface area contributed by atoms with Crippen molar-refractivity contribution in [1.29, 1.82) is 0 Å². The summed E-state index contributed by atoms with van der Waals surface area (Å²) in [6, 6.07) is 13.7. The summed E-state index contributed by atoms with van der Waals surface area (Å²) in [7, 11) is 5.29. The minimum Gasteiger partial charge on any atom is -0.493 e. The predicted molar refractivity (Wildman–Crippen MR) is 115 cm³/mol. The average Bonchev–Trinajstić information content (AvgIpc) is 2.74. The second-order valence-corrected chi connectivity index (χ2v) is 7.73. The molecule has 0 aliphatic carbocycles. The molecule has 0 radical (unpaired) electrons. The van der Waals surface area contributed by atoms with E-state index in [1.165, 1.54) is 0 Å². The van der Waals surface area contributed by atoms with Gasteiger partial charge in [0.05, 0.1) is 32.0 Å². The number of nitrogens with one attached hydrogen (secondary N) is 1. The van der Waals surface area contributed by atoms with Crippen molar-refractivity contribution >= 4 is 23.2 Å². The predicted octanol–water partition coefficient (Wildman–Crippen LogP) is 1.72. The van der Waals surface area contributed by atoms with Crippen LogP contribution in [0.15, 0.2) is 42.5 Å². The van der Waals surface area contributed by atoms with E-state index < -0.39 is 0 Å². The van der Waals surface area contributed by atoms with Gasteiger partial charge >= 0.3 is 0 Å². The topological polar surface area (TPSA) is 46.5 Å². The number of carbonyl (C=O) groups is 1. The van der Waals surface area contributed by atoms with Crippen LogP contribution in [0.2, 0.25) is 5.02 Å². The van der Waals surface area contributed by atoms with Gasteiger partial charge < -0.3 is 24.2 Å². The number of amides is 1. The number of likely N-dealkylation sites (N-methyl/N-ethyl adjacent to an activating group) is 1. The van der Waals surface area contributed by atoms with Crippen molar-refractivity contribution in [2.75, 3.05) is 58.9 Å². The van der Waals surface area contributed by atoms with Crippen LogP contribution in [0.5, 0.6) is 11.5 Å². The largest absolute Gasteiger partial charge is 0.493 e. The van der Waals surface area contributed by atoms with Crippen LogP contribution in [0.4, 0.5) is 5.69 Å². The van der Waals surface area contributed by atoms with E-state index in [0.29, 0.717) is 31.1 Å². The van der Waals surface area contributed by atoms with E-state index in [1.807, 2.05) is 54.4 Å². The van der Waals surface area contributed by atoms with Gasteiger partial charge in [-0.15, -0.1) is 0 Å². The van der Waals surface area contributed by atoms with Crippen LogP contribution < -0.4 is 19.3 Å². The lowest BCUT2D eigenvalue weighted by Gasteiger charge is -2.36. The van der Waals surface area contributed by atoms with Crippen LogP contribution in [0, 0.1) is 0 Å². The number of ether oxygens (including phenoxy) is 2. The van der Waals surface area contributed by atoms with E-state index >= 15 is 0 Å². The third kappa shape index (κ3) is 5.34. The number of piperazine rings is 1. The van der Waals surface area contributed by atoms with Gasteiger partial charge in [-0.05, 0) is 30.3 Å². The number of quaternary nitrogens is 1. The molecule has 156 valence electrons. The van der Waals surface area contributed by atoms with Gasteiger partial charge in [0, 0.05) is 31.7 Å². The molecule has 1 saturated heterocycles. The third-order valence-electron chi connectivity index (χ3n) is 5.23. The minimum atomic E-state index is 0.182. The molecule has 6 nitrogen and oxygen atoms in total. The molecule has 7 heteroatoms. The number of halogens is 1. The van der Waals surface area contributed by atoms with E-state index in [9.17, 15) is 4.79 Å². The molecule has 29 heavy (non-hydrogen) atoms. The first-order chi connectivity index (χ1) is 14.0. The number of benzene rings is 2. The highest BCUT2D eigenvalue weighted by atomic mass is 35.5. The normalized spacial score (nSPS) is 15.2. The summed E-state index contributed by atoms with van der Waals surface area (Å²) in [5, 5.41) is 0.756. The molecule has 1 atom stereocenters. The van der Waals surface area contributed by atoms with Gasteiger partial charge in [-0.3, -0.25) is 4.79 Å². The molecule has 2 aromatic rings. The monoisotopic (exact) mass is 418 g/mol. The quantitative estimate of drug-likeness (QED) is 0.743. The smallest absolute Gasteiger partial charge is 0.277 e. The summed E-state index contributed by atoms with van der Waals surface area (Å²) in [5.41, 5.74) is 2.15.